The highest BCUT2D eigenvalue weighted by Gasteiger charge is 2.16. The summed E-state index contributed by atoms with van der Waals surface area (Å²) in [5, 5.41) is 4.26. The van der Waals surface area contributed by atoms with Crippen LogP contribution in [0.1, 0.15) is 36.0 Å². The van der Waals surface area contributed by atoms with Crippen LogP contribution in [0.4, 0.5) is 0 Å². The topological polar surface area (TPSA) is 70.9 Å². The summed E-state index contributed by atoms with van der Waals surface area (Å²) < 4.78 is 0. The van der Waals surface area contributed by atoms with Crippen molar-refractivity contribution in [1.29, 1.82) is 0 Å². The molecule has 0 aliphatic carbocycles. The molecule has 1 aromatic heterocycles. The number of aromatic nitrogens is 1. The fourth-order valence-electron chi connectivity index (χ4n) is 2.95. The van der Waals surface area contributed by atoms with Crippen LogP contribution in [0, 0.1) is 6.92 Å². The van der Waals surface area contributed by atoms with Gasteiger partial charge in [0.1, 0.15) is 0 Å². The van der Waals surface area contributed by atoms with Gasteiger partial charge in [0.25, 0.3) is 5.56 Å². The molecule has 2 heterocycles. The first-order chi connectivity index (χ1) is 12.2. The van der Waals surface area contributed by atoms with Gasteiger partial charge in [0.2, 0.25) is 0 Å². The van der Waals surface area contributed by atoms with Gasteiger partial charge < -0.3 is 16.0 Å². The molecule has 2 aromatic rings. The minimum atomic E-state index is 0.0959. The number of nitrogens with one attached hydrogen (secondary N) is 2. The van der Waals surface area contributed by atoms with Crippen LogP contribution in [0.3, 0.4) is 0 Å². The quantitative estimate of drug-likeness (QED) is 0.691. The number of thioether (sulfide) groups is 1. The standard InChI is InChI=1S/C13H13NOS.C7H16N2/c1-8-2-3-12-10(6-8)9-4-5-16-7-11(9)13(15)14-12;1-2-9-7-5-3-4-6-8/h2-3,6H,4-5,7H2,1H3,(H,14,15);2,9H,1,3-8H2. The van der Waals surface area contributed by atoms with Gasteiger partial charge in [0.05, 0.1) is 0 Å². The molecule has 1 aliphatic rings. The fraction of sp³-hybridized carbons (Fsp3) is 0.450. The van der Waals surface area contributed by atoms with E-state index in [4.69, 9.17) is 5.73 Å². The Morgan fingerprint density at radius 1 is 1.32 bits per heavy atom. The molecule has 1 aromatic carbocycles. The van der Waals surface area contributed by atoms with Crippen molar-refractivity contribution in [3.05, 3.63) is 58.0 Å². The van der Waals surface area contributed by atoms with E-state index < -0.39 is 0 Å². The molecule has 25 heavy (non-hydrogen) atoms. The second-order valence-electron chi connectivity index (χ2n) is 6.27. The molecular weight excluding hydrogens is 330 g/mol. The molecule has 0 unspecified atom stereocenters. The Labute approximate surface area is 154 Å². The van der Waals surface area contributed by atoms with E-state index in [-0.39, 0.29) is 5.56 Å². The van der Waals surface area contributed by atoms with Crippen LogP contribution in [0.2, 0.25) is 0 Å². The zero-order valence-corrected chi connectivity index (χ0v) is 15.9. The molecule has 0 fully saturated rings. The number of hydrogen-bond acceptors (Lipinski definition) is 4. The summed E-state index contributed by atoms with van der Waals surface area (Å²) in [6, 6.07) is 6.23. The predicted molar refractivity (Wildman–Crippen MR) is 110 cm³/mol. The van der Waals surface area contributed by atoms with Gasteiger partial charge in [0.15, 0.2) is 0 Å². The van der Waals surface area contributed by atoms with E-state index in [2.05, 4.69) is 29.9 Å². The highest BCUT2D eigenvalue weighted by atomic mass is 32.2. The Kier molecular flexibility index (Phi) is 8.09. The highest BCUT2D eigenvalue weighted by Crippen LogP contribution is 2.27. The number of unbranched alkanes of at least 4 members (excludes halogenated alkanes) is 2. The maximum Gasteiger partial charge on any atom is 0.252 e. The van der Waals surface area contributed by atoms with Crippen molar-refractivity contribution < 1.29 is 0 Å². The van der Waals surface area contributed by atoms with E-state index in [9.17, 15) is 4.79 Å². The molecule has 5 heteroatoms. The number of aryl methyl sites for hydroxylation is 2. The Bertz CT molecular complexity index is 754. The van der Waals surface area contributed by atoms with Crippen LogP contribution in [-0.2, 0) is 12.2 Å². The van der Waals surface area contributed by atoms with Crippen LogP contribution in [0.5, 0.6) is 0 Å². The Balaban J connectivity index is 0.000000217. The van der Waals surface area contributed by atoms with Crippen LogP contribution in [-0.4, -0.2) is 23.8 Å². The number of nitrogens with two attached hydrogens (primary N) is 1. The van der Waals surface area contributed by atoms with Crippen molar-refractivity contribution in [3.8, 4) is 0 Å². The van der Waals surface area contributed by atoms with E-state index in [0.29, 0.717) is 0 Å². The fourth-order valence-corrected chi connectivity index (χ4v) is 3.95. The van der Waals surface area contributed by atoms with Crippen molar-refractivity contribution in [1.82, 2.24) is 10.3 Å². The zero-order valence-electron chi connectivity index (χ0n) is 15.1. The van der Waals surface area contributed by atoms with Crippen molar-refractivity contribution in [2.45, 2.75) is 38.4 Å². The third-order valence-electron chi connectivity index (χ3n) is 4.30. The van der Waals surface area contributed by atoms with Gasteiger partial charge in [-0.15, -0.1) is 0 Å². The first-order valence-electron chi connectivity index (χ1n) is 8.94. The average Bonchev–Trinajstić information content (AvgIpc) is 2.63. The summed E-state index contributed by atoms with van der Waals surface area (Å²) in [5.74, 6) is 1.98. The van der Waals surface area contributed by atoms with Crippen LogP contribution in [0.15, 0.2) is 35.8 Å². The number of hydrogen-bond donors (Lipinski definition) is 3. The van der Waals surface area contributed by atoms with Gasteiger partial charge in [-0.3, -0.25) is 4.79 Å². The first-order valence-corrected chi connectivity index (χ1v) is 10.1. The van der Waals surface area contributed by atoms with Crippen LogP contribution in [0.25, 0.3) is 10.9 Å². The Morgan fingerprint density at radius 3 is 2.92 bits per heavy atom. The average molecular weight is 360 g/mol. The van der Waals surface area contributed by atoms with E-state index in [0.717, 1.165) is 48.5 Å². The molecule has 0 atom stereocenters. The maximum atomic E-state index is 11.9. The van der Waals surface area contributed by atoms with Gasteiger partial charge in [-0.2, -0.15) is 11.8 Å². The molecule has 0 spiro atoms. The molecule has 3 rings (SSSR count). The summed E-state index contributed by atoms with van der Waals surface area (Å²) in [6.45, 7) is 7.48. The van der Waals surface area contributed by atoms with Crippen molar-refractivity contribution in [2.75, 3.05) is 18.8 Å². The molecule has 136 valence electrons. The first kappa shape index (κ1) is 19.6. The number of H-pyrrole nitrogens is 1. The molecule has 1 aliphatic heterocycles. The second-order valence-corrected chi connectivity index (χ2v) is 7.38. The minimum absolute atomic E-state index is 0.0959. The lowest BCUT2D eigenvalue weighted by atomic mass is 10.0. The van der Waals surface area contributed by atoms with E-state index in [1.54, 1.807) is 6.20 Å². The van der Waals surface area contributed by atoms with E-state index in [1.807, 2.05) is 23.9 Å². The monoisotopic (exact) mass is 359 g/mol. The minimum Gasteiger partial charge on any atom is -0.391 e. The zero-order chi connectivity index (χ0) is 18.1. The molecule has 0 amide bonds. The van der Waals surface area contributed by atoms with Crippen molar-refractivity contribution in [2.24, 2.45) is 5.73 Å². The maximum absolute atomic E-state index is 11.9. The molecule has 0 saturated heterocycles. The summed E-state index contributed by atoms with van der Waals surface area (Å²) in [4.78, 5) is 14.9. The molecule has 4 N–H and O–H groups in total. The summed E-state index contributed by atoms with van der Waals surface area (Å²) in [7, 11) is 0. The lowest BCUT2D eigenvalue weighted by Gasteiger charge is -2.16. The van der Waals surface area contributed by atoms with Gasteiger partial charge in [-0.25, -0.2) is 0 Å². The summed E-state index contributed by atoms with van der Waals surface area (Å²) in [6.07, 6.45) is 6.30. The second kappa shape index (κ2) is 10.3. The van der Waals surface area contributed by atoms with Crippen LogP contribution < -0.4 is 16.6 Å². The van der Waals surface area contributed by atoms with Crippen LogP contribution >= 0.6 is 11.8 Å². The van der Waals surface area contributed by atoms with Gasteiger partial charge in [-0.1, -0.05) is 24.6 Å². The molecule has 4 nitrogen and oxygen atoms in total. The SMILES string of the molecule is C=CNCCCCCN.Cc1ccc2[nH]c(=O)c3c(c2c1)CCSC3. The number of fused-ring (bicyclic) bond motifs is 3. The number of aromatic amines is 1. The van der Waals surface area contributed by atoms with Gasteiger partial charge >= 0.3 is 0 Å². The Morgan fingerprint density at radius 2 is 2.16 bits per heavy atom. The third kappa shape index (κ3) is 5.65. The van der Waals surface area contributed by atoms with Gasteiger partial charge in [0, 0.05) is 28.8 Å². The van der Waals surface area contributed by atoms with Crippen molar-refractivity contribution >= 4 is 22.7 Å². The highest BCUT2D eigenvalue weighted by molar-refractivity contribution is 7.98. The molecule has 0 bridgehead atoms. The smallest absolute Gasteiger partial charge is 0.252 e. The number of benzene rings is 1. The van der Waals surface area contributed by atoms with Crippen molar-refractivity contribution in [3.63, 3.8) is 0 Å². The summed E-state index contributed by atoms with van der Waals surface area (Å²) >= 11 is 1.84. The largest absolute Gasteiger partial charge is 0.391 e. The molecule has 0 saturated carbocycles. The number of pyridine rings is 1. The third-order valence-corrected chi connectivity index (χ3v) is 5.28. The Hall–Kier alpha value is -1.72. The lowest BCUT2D eigenvalue weighted by Crippen LogP contribution is -2.18. The predicted octanol–water partition coefficient (Wildman–Crippen LogP) is 3.47. The normalized spacial score (nSPS) is 12.9. The van der Waals surface area contributed by atoms with E-state index >= 15 is 0 Å². The van der Waals surface area contributed by atoms with Gasteiger partial charge in [-0.05, 0) is 62.4 Å². The lowest BCUT2D eigenvalue weighted by molar-refractivity contribution is 0.661. The molecule has 0 radical (unpaired) electrons. The van der Waals surface area contributed by atoms with E-state index in [1.165, 1.54) is 29.4 Å². The number of rotatable bonds is 6. The summed E-state index contributed by atoms with van der Waals surface area (Å²) in [5.41, 5.74) is 9.87. The molecular formula is C20H29N3OS.